The van der Waals surface area contributed by atoms with Crippen LogP contribution >= 0.6 is 33.9 Å². The fourth-order valence-corrected chi connectivity index (χ4v) is 6.41. The highest BCUT2D eigenvalue weighted by molar-refractivity contribution is 14.1. The van der Waals surface area contributed by atoms with Crippen molar-refractivity contribution in [3.8, 4) is 0 Å². The second-order valence-corrected chi connectivity index (χ2v) is 9.98. The summed E-state index contributed by atoms with van der Waals surface area (Å²) < 4.78 is 28.5. The number of thiophene rings is 1. The Balaban J connectivity index is 3.06. The van der Waals surface area contributed by atoms with E-state index >= 15 is 0 Å². The lowest BCUT2D eigenvalue weighted by Gasteiger charge is -2.19. The lowest BCUT2D eigenvalue weighted by Crippen LogP contribution is -2.40. The number of hydrogen-bond donors (Lipinski definition) is 1. The van der Waals surface area contributed by atoms with Crippen LogP contribution in [-0.2, 0) is 16.4 Å². The van der Waals surface area contributed by atoms with Crippen molar-refractivity contribution in [3.05, 3.63) is 14.5 Å². The minimum atomic E-state index is -3.40. The normalized spacial score (nSPS) is 13.3. The van der Waals surface area contributed by atoms with E-state index in [-0.39, 0.29) is 0 Å². The maximum absolute atomic E-state index is 12.3. The number of halogens is 1. The van der Waals surface area contributed by atoms with E-state index in [1.807, 2.05) is 26.8 Å². The Morgan fingerprint density at radius 1 is 1.39 bits per heavy atom. The van der Waals surface area contributed by atoms with Crippen LogP contribution in [0.4, 0.5) is 0 Å². The molecule has 0 radical (unpaired) electrons. The second kappa shape index (κ2) is 5.76. The van der Waals surface area contributed by atoms with E-state index in [0.29, 0.717) is 10.1 Å². The van der Waals surface area contributed by atoms with Crippen LogP contribution in [0.25, 0.3) is 0 Å². The third-order valence-corrected chi connectivity index (χ3v) is 7.03. The first-order chi connectivity index (χ1) is 8.01. The Labute approximate surface area is 128 Å². The van der Waals surface area contributed by atoms with Gasteiger partial charge >= 0.3 is 0 Å². The molecule has 1 aromatic rings. The van der Waals surface area contributed by atoms with Crippen molar-refractivity contribution < 1.29 is 8.42 Å². The zero-order valence-corrected chi connectivity index (χ0v) is 15.2. The molecule has 18 heavy (non-hydrogen) atoms. The minimum Gasteiger partial charge on any atom is -0.206 e. The van der Waals surface area contributed by atoms with E-state index in [1.54, 1.807) is 0 Å². The van der Waals surface area contributed by atoms with E-state index in [1.165, 1.54) is 11.3 Å². The molecule has 0 bridgehead atoms. The van der Waals surface area contributed by atoms with Gasteiger partial charge in [0.2, 0.25) is 0 Å². The van der Waals surface area contributed by atoms with Crippen molar-refractivity contribution in [2.75, 3.05) is 0 Å². The summed E-state index contributed by atoms with van der Waals surface area (Å²) in [5.41, 5.74) is -0.454. The van der Waals surface area contributed by atoms with E-state index in [0.717, 1.165) is 14.9 Å². The highest BCUT2D eigenvalue weighted by Gasteiger charge is 2.26. The van der Waals surface area contributed by atoms with Crippen molar-refractivity contribution in [2.45, 2.75) is 50.8 Å². The summed E-state index contributed by atoms with van der Waals surface area (Å²) in [4.78, 5) is 1.13. The molecule has 0 atom stereocenters. The zero-order valence-electron chi connectivity index (χ0n) is 11.4. The van der Waals surface area contributed by atoms with Gasteiger partial charge in [0.15, 0.2) is 0 Å². The lowest BCUT2D eigenvalue weighted by atomic mass is 10.1. The Morgan fingerprint density at radius 3 is 2.39 bits per heavy atom. The summed E-state index contributed by atoms with van der Waals surface area (Å²) in [6, 6.07) is 1.97. The molecule has 1 aromatic heterocycles. The van der Waals surface area contributed by atoms with Crippen LogP contribution in [0.15, 0.2) is 10.3 Å². The van der Waals surface area contributed by atoms with E-state index < -0.39 is 15.6 Å². The van der Waals surface area contributed by atoms with Crippen LogP contribution in [-0.4, -0.2) is 14.0 Å². The fourth-order valence-electron chi connectivity index (χ4n) is 1.53. The molecule has 0 spiro atoms. The number of sulfonamides is 1. The largest absolute Gasteiger partial charge is 0.251 e. The Hall–Kier alpha value is 0.340. The molecule has 0 aliphatic rings. The monoisotopic (exact) mass is 401 g/mol. The maximum atomic E-state index is 12.3. The Bertz CT molecular complexity index is 513. The SMILES string of the molecule is CC(C)Cc1cc(I)c(S(=O)(=O)NC(C)(C)C)s1. The van der Waals surface area contributed by atoms with Crippen molar-refractivity contribution in [1.82, 2.24) is 4.72 Å². The maximum Gasteiger partial charge on any atom is 0.251 e. The van der Waals surface area contributed by atoms with E-state index in [2.05, 4.69) is 41.2 Å². The third kappa shape index (κ3) is 4.79. The Morgan fingerprint density at radius 2 is 1.94 bits per heavy atom. The number of hydrogen-bond acceptors (Lipinski definition) is 3. The van der Waals surface area contributed by atoms with E-state index in [4.69, 9.17) is 0 Å². The molecule has 6 heteroatoms. The molecule has 1 N–H and O–H groups in total. The molecule has 3 nitrogen and oxygen atoms in total. The fraction of sp³-hybridized carbons (Fsp3) is 0.667. The standard InChI is InChI=1S/C12H20INO2S2/c1-8(2)6-9-7-10(13)11(17-9)18(15,16)14-12(3,4)5/h7-8,14H,6H2,1-5H3. The quantitative estimate of drug-likeness (QED) is 0.784. The van der Waals surface area contributed by atoms with Gasteiger partial charge in [-0.05, 0) is 61.8 Å². The van der Waals surface area contributed by atoms with Gasteiger partial charge in [0, 0.05) is 14.0 Å². The summed E-state index contributed by atoms with van der Waals surface area (Å²) in [7, 11) is -3.40. The molecule has 0 unspecified atom stereocenters. The molecule has 0 amide bonds. The summed E-state index contributed by atoms with van der Waals surface area (Å²) >= 11 is 3.47. The molecule has 0 aliphatic carbocycles. The first-order valence-electron chi connectivity index (χ1n) is 5.83. The third-order valence-electron chi connectivity index (χ3n) is 2.00. The smallest absolute Gasteiger partial charge is 0.206 e. The predicted octanol–water partition coefficient (Wildman–Crippen LogP) is 3.63. The van der Waals surface area contributed by atoms with Gasteiger partial charge < -0.3 is 0 Å². The van der Waals surface area contributed by atoms with Crippen LogP contribution in [0.3, 0.4) is 0 Å². The molecule has 0 aliphatic heterocycles. The lowest BCUT2D eigenvalue weighted by molar-refractivity contribution is 0.492. The average molecular weight is 401 g/mol. The van der Waals surface area contributed by atoms with Gasteiger partial charge in [-0.2, -0.15) is 0 Å². The molecule has 104 valence electrons. The van der Waals surface area contributed by atoms with Crippen molar-refractivity contribution in [2.24, 2.45) is 5.92 Å². The van der Waals surface area contributed by atoms with Gasteiger partial charge in [0.1, 0.15) is 4.21 Å². The van der Waals surface area contributed by atoms with Gasteiger partial charge in [-0.3, -0.25) is 0 Å². The Kier molecular flexibility index (Phi) is 5.25. The molecular formula is C12H20INO2S2. The van der Waals surface area contributed by atoms with Crippen LogP contribution < -0.4 is 4.72 Å². The number of nitrogens with one attached hydrogen (secondary N) is 1. The molecule has 0 aromatic carbocycles. The predicted molar refractivity (Wildman–Crippen MR) is 85.7 cm³/mol. The second-order valence-electron chi connectivity index (χ2n) is 5.80. The molecule has 0 fully saturated rings. The van der Waals surface area contributed by atoms with Crippen LogP contribution in [0.5, 0.6) is 0 Å². The van der Waals surface area contributed by atoms with Crippen LogP contribution in [0, 0.1) is 9.49 Å². The summed E-state index contributed by atoms with van der Waals surface area (Å²) in [6.45, 7) is 9.81. The van der Waals surface area contributed by atoms with Crippen molar-refractivity contribution in [1.29, 1.82) is 0 Å². The van der Waals surface area contributed by atoms with Crippen LogP contribution in [0.2, 0.25) is 0 Å². The molecule has 0 saturated carbocycles. The van der Waals surface area contributed by atoms with Gasteiger partial charge in [-0.15, -0.1) is 11.3 Å². The summed E-state index contributed by atoms with van der Waals surface area (Å²) in [6.07, 6.45) is 0.922. The average Bonchev–Trinajstić information content (AvgIpc) is 2.41. The molecular weight excluding hydrogens is 381 g/mol. The molecule has 1 heterocycles. The highest BCUT2D eigenvalue weighted by atomic mass is 127. The summed E-state index contributed by atoms with van der Waals surface area (Å²) in [5, 5.41) is 0. The number of rotatable bonds is 4. The first kappa shape index (κ1) is 16.4. The first-order valence-corrected chi connectivity index (χ1v) is 9.21. The zero-order chi connectivity index (χ0) is 14.1. The van der Waals surface area contributed by atoms with Gasteiger partial charge in [0.25, 0.3) is 10.0 Å². The molecule has 1 rings (SSSR count). The van der Waals surface area contributed by atoms with Crippen molar-refractivity contribution >= 4 is 44.0 Å². The van der Waals surface area contributed by atoms with Gasteiger partial charge in [-0.1, -0.05) is 13.8 Å². The van der Waals surface area contributed by atoms with Crippen molar-refractivity contribution in [3.63, 3.8) is 0 Å². The molecule has 0 saturated heterocycles. The van der Waals surface area contributed by atoms with Crippen LogP contribution in [0.1, 0.15) is 39.5 Å². The van der Waals surface area contributed by atoms with E-state index in [9.17, 15) is 8.42 Å². The summed E-state index contributed by atoms with van der Waals surface area (Å²) in [5.74, 6) is 0.533. The van der Waals surface area contributed by atoms with Gasteiger partial charge in [-0.25, -0.2) is 13.1 Å². The minimum absolute atomic E-state index is 0.439. The topological polar surface area (TPSA) is 46.2 Å². The van der Waals surface area contributed by atoms with Gasteiger partial charge in [0.05, 0.1) is 0 Å². The highest BCUT2D eigenvalue weighted by Crippen LogP contribution is 2.30.